The van der Waals surface area contributed by atoms with Crippen molar-refractivity contribution in [2.75, 3.05) is 0 Å². The highest BCUT2D eigenvalue weighted by Crippen LogP contribution is 2.27. The first-order valence-corrected chi connectivity index (χ1v) is 6.88. The Morgan fingerprint density at radius 2 is 1.87 bits per heavy atom. The van der Waals surface area contributed by atoms with E-state index in [9.17, 15) is 0 Å². The predicted molar refractivity (Wildman–Crippen MR) is 70.1 cm³/mol. The number of hydrogen-bond donors (Lipinski definition) is 0. The van der Waals surface area contributed by atoms with Crippen molar-refractivity contribution in [3.63, 3.8) is 0 Å². The fourth-order valence-corrected chi connectivity index (χ4v) is 3.15. The van der Waals surface area contributed by atoms with Crippen LogP contribution in [0.1, 0.15) is 11.8 Å². The Kier molecular flexibility index (Phi) is 3.53. The van der Waals surface area contributed by atoms with Crippen LogP contribution in [0.5, 0.6) is 0 Å². The van der Waals surface area contributed by atoms with Gasteiger partial charge in [0.2, 0.25) is 0 Å². The molecule has 0 amide bonds. The summed E-state index contributed by atoms with van der Waals surface area (Å²) >= 11 is 8.45. The van der Waals surface area contributed by atoms with E-state index < -0.39 is 0 Å². The highest BCUT2D eigenvalue weighted by molar-refractivity contribution is 9.11. The minimum Gasteiger partial charge on any atom is -0.220 e. The standard InChI is InChI=1S/C10H8Br2N2S/c1-2-6-3-4-7(15-6)10-13-8(11)5-9(12)14-10/h3-5H,2H2,1H3. The largest absolute Gasteiger partial charge is 0.220 e. The van der Waals surface area contributed by atoms with E-state index in [0.29, 0.717) is 0 Å². The molecule has 0 aliphatic heterocycles. The zero-order valence-electron chi connectivity index (χ0n) is 8.00. The van der Waals surface area contributed by atoms with Gasteiger partial charge in [0.1, 0.15) is 9.21 Å². The maximum Gasteiger partial charge on any atom is 0.171 e. The first-order valence-electron chi connectivity index (χ1n) is 4.48. The van der Waals surface area contributed by atoms with Crippen molar-refractivity contribution in [1.29, 1.82) is 0 Å². The summed E-state index contributed by atoms with van der Waals surface area (Å²) in [6.45, 7) is 2.15. The second-order valence-electron chi connectivity index (χ2n) is 2.96. The molecule has 0 aromatic carbocycles. The second kappa shape index (κ2) is 4.72. The predicted octanol–water partition coefficient (Wildman–Crippen LogP) is 4.29. The van der Waals surface area contributed by atoms with Crippen molar-refractivity contribution in [2.45, 2.75) is 13.3 Å². The number of aromatic nitrogens is 2. The van der Waals surface area contributed by atoms with Crippen LogP contribution in [0.25, 0.3) is 10.7 Å². The molecule has 0 atom stereocenters. The van der Waals surface area contributed by atoms with Gasteiger partial charge in [-0.2, -0.15) is 0 Å². The van der Waals surface area contributed by atoms with Gasteiger partial charge >= 0.3 is 0 Å². The molecule has 2 nitrogen and oxygen atoms in total. The van der Waals surface area contributed by atoms with Crippen LogP contribution in [0.2, 0.25) is 0 Å². The van der Waals surface area contributed by atoms with Crippen LogP contribution in [-0.4, -0.2) is 9.97 Å². The molecular weight excluding hydrogens is 340 g/mol. The minimum atomic E-state index is 0.765. The molecule has 0 aliphatic carbocycles. The fourth-order valence-electron chi connectivity index (χ4n) is 1.19. The van der Waals surface area contributed by atoms with Gasteiger partial charge in [-0.15, -0.1) is 11.3 Å². The summed E-state index contributed by atoms with van der Waals surface area (Å²) in [5.74, 6) is 0.765. The van der Waals surface area contributed by atoms with Gasteiger partial charge in [-0.1, -0.05) is 6.92 Å². The average Bonchev–Trinajstić information content (AvgIpc) is 2.64. The lowest BCUT2D eigenvalue weighted by atomic mass is 10.3. The maximum atomic E-state index is 4.34. The molecule has 0 fully saturated rings. The SMILES string of the molecule is CCc1ccc(-c2nc(Br)cc(Br)n2)s1. The molecule has 78 valence electrons. The third-order valence-corrected chi connectivity index (χ3v) is 3.93. The summed E-state index contributed by atoms with van der Waals surface area (Å²) in [5.41, 5.74) is 0. The summed E-state index contributed by atoms with van der Waals surface area (Å²) < 4.78 is 1.59. The van der Waals surface area contributed by atoms with Gasteiger partial charge in [-0.3, -0.25) is 0 Å². The van der Waals surface area contributed by atoms with Gasteiger partial charge in [0, 0.05) is 10.9 Å². The molecule has 2 heterocycles. The second-order valence-corrected chi connectivity index (χ2v) is 5.75. The Labute approximate surface area is 109 Å². The Morgan fingerprint density at radius 1 is 1.20 bits per heavy atom. The molecule has 0 bridgehead atoms. The van der Waals surface area contributed by atoms with E-state index in [1.165, 1.54) is 4.88 Å². The van der Waals surface area contributed by atoms with Crippen molar-refractivity contribution >= 4 is 43.2 Å². The molecule has 0 saturated carbocycles. The van der Waals surface area contributed by atoms with Gasteiger partial charge in [-0.05, 0) is 50.4 Å². The Hall–Kier alpha value is -0.260. The molecular formula is C10H8Br2N2S. The summed E-state index contributed by atoms with van der Waals surface area (Å²) in [4.78, 5) is 11.1. The van der Waals surface area contributed by atoms with Gasteiger partial charge < -0.3 is 0 Å². The molecule has 2 rings (SSSR count). The smallest absolute Gasteiger partial charge is 0.171 e. The molecule has 0 aliphatic rings. The van der Waals surface area contributed by atoms with Crippen LogP contribution < -0.4 is 0 Å². The Morgan fingerprint density at radius 3 is 2.40 bits per heavy atom. The lowest BCUT2D eigenvalue weighted by Crippen LogP contribution is -1.87. The lowest BCUT2D eigenvalue weighted by molar-refractivity contribution is 1.13. The van der Waals surface area contributed by atoms with Crippen LogP contribution >= 0.6 is 43.2 Å². The average molecular weight is 348 g/mol. The fraction of sp³-hybridized carbons (Fsp3) is 0.200. The van der Waals surface area contributed by atoms with Crippen molar-refractivity contribution in [3.8, 4) is 10.7 Å². The minimum absolute atomic E-state index is 0.765. The van der Waals surface area contributed by atoms with Gasteiger partial charge in [0.15, 0.2) is 5.82 Å². The number of hydrogen-bond acceptors (Lipinski definition) is 3. The monoisotopic (exact) mass is 346 g/mol. The highest BCUT2D eigenvalue weighted by Gasteiger charge is 2.06. The van der Waals surface area contributed by atoms with Gasteiger partial charge in [0.25, 0.3) is 0 Å². The van der Waals surface area contributed by atoms with E-state index in [1.54, 1.807) is 11.3 Å². The van der Waals surface area contributed by atoms with Crippen molar-refractivity contribution in [2.24, 2.45) is 0 Å². The first kappa shape index (κ1) is 11.2. The third kappa shape index (κ3) is 2.65. The van der Waals surface area contributed by atoms with E-state index >= 15 is 0 Å². The molecule has 0 N–H and O–H groups in total. The molecule has 2 aromatic rings. The van der Waals surface area contributed by atoms with Crippen molar-refractivity contribution in [3.05, 3.63) is 32.3 Å². The normalized spacial score (nSPS) is 10.6. The lowest BCUT2D eigenvalue weighted by Gasteiger charge is -1.97. The van der Waals surface area contributed by atoms with Crippen LogP contribution in [0.3, 0.4) is 0 Å². The highest BCUT2D eigenvalue weighted by atomic mass is 79.9. The van der Waals surface area contributed by atoms with Crippen LogP contribution in [0, 0.1) is 0 Å². The topological polar surface area (TPSA) is 25.8 Å². The van der Waals surface area contributed by atoms with Crippen LogP contribution in [-0.2, 0) is 6.42 Å². The quantitative estimate of drug-likeness (QED) is 0.757. The molecule has 0 spiro atoms. The first-order chi connectivity index (χ1) is 7.19. The third-order valence-electron chi connectivity index (χ3n) is 1.89. The van der Waals surface area contributed by atoms with E-state index in [2.05, 4.69) is 60.9 Å². The molecule has 5 heteroatoms. The maximum absolute atomic E-state index is 4.34. The number of thiophene rings is 1. The number of rotatable bonds is 2. The summed E-state index contributed by atoms with van der Waals surface area (Å²) in [5, 5.41) is 0. The van der Waals surface area contributed by atoms with E-state index in [4.69, 9.17) is 0 Å². The molecule has 0 unspecified atom stereocenters. The van der Waals surface area contributed by atoms with Crippen LogP contribution in [0.15, 0.2) is 27.4 Å². The van der Waals surface area contributed by atoms with Crippen molar-refractivity contribution < 1.29 is 0 Å². The van der Waals surface area contributed by atoms with E-state index in [1.807, 2.05) is 6.07 Å². The molecule has 0 saturated heterocycles. The number of nitrogens with zero attached hydrogens (tertiary/aromatic N) is 2. The zero-order chi connectivity index (χ0) is 10.8. The molecule has 0 radical (unpaired) electrons. The van der Waals surface area contributed by atoms with Gasteiger partial charge in [-0.25, -0.2) is 9.97 Å². The Bertz CT molecular complexity index is 462. The Balaban J connectivity index is 2.44. The zero-order valence-corrected chi connectivity index (χ0v) is 12.0. The van der Waals surface area contributed by atoms with E-state index in [0.717, 1.165) is 26.3 Å². The van der Waals surface area contributed by atoms with Crippen LogP contribution in [0.4, 0.5) is 0 Å². The van der Waals surface area contributed by atoms with Crippen molar-refractivity contribution in [1.82, 2.24) is 9.97 Å². The number of aryl methyl sites for hydroxylation is 1. The summed E-state index contributed by atoms with van der Waals surface area (Å²) in [6, 6.07) is 6.02. The van der Waals surface area contributed by atoms with E-state index in [-0.39, 0.29) is 0 Å². The summed E-state index contributed by atoms with van der Waals surface area (Å²) in [7, 11) is 0. The number of halogens is 2. The molecule has 15 heavy (non-hydrogen) atoms. The summed E-state index contributed by atoms with van der Waals surface area (Å²) in [6.07, 6.45) is 1.06. The van der Waals surface area contributed by atoms with Gasteiger partial charge in [0.05, 0.1) is 4.88 Å². The molecule has 2 aromatic heterocycles.